The molecule has 9 heteroatoms. The fourth-order valence-electron chi connectivity index (χ4n) is 3.26. The number of nitrogens with one attached hydrogen (secondary N) is 2. The van der Waals surface area contributed by atoms with Crippen LogP contribution in [0, 0.1) is 23.0 Å². The fraction of sp³-hybridized carbons (Fsp3) is 0.261. The Morgan fingerprint density at radius 1 is 1.09 bits per heavy atom. The molecule has 0 aliphatic heterocycles. The quantitative estimate of drug-likeness (QED) is 0.446. The van der Waals surface area contributed by atoms with Gasteiger partial charge in [0.2, 0.25) is 0 Å². The van der Waals surface area contributed by atoms with E-state index in [9.17, 15) is 19.1 Å². The Morgan fingerprint density at radius 2 is 1.84 bits per heavy atom. The molecule has 0 saturated carbocycles. The van der Waals surface area contributed by atoms with E-state index in [0.717, 1.165) is 17.4 Å². The van der Waals surface area contributed by atoms with Gasteiger partial charge >= 0.3 is 0 Å². The van der Waals surface area contributed by atoms with Crippen LogP contribution in [0.1, 0.15) is 16.8 Å². The summed E-state index contributed by atoms with van der Waals surface area (Å²) in [4.78, 5) is 8.05. The van der Waals surface area contributed by atoms with Crippen molar-refractivity contribution in [3.8, 4) is 11.8 Å². The Hall–Kier alpha value is -3.61. The van der Waals surface area contributed by atoms with E-state index in [1.807, 2.05) is 30.3 Å². The van der Waals surface area contributed by atoms with Crippen LogP contribution in [0.15, 0.2) is 54.9 Å². The number of benzene rings is 2. The Bertz CT molecular complexity index is 1070. The minimum absolute atomic E-state index is 0.0551. The maximum Gasteiger partial charge on any atom is 0.182 e. The minimum Gasteiger partial charge on any atom is -0.497 e. The summed E-state index contributed by atoms with van der Waals surface area (Å²) in [5.74, 6) is -0.504. The first-order valence-electron chi connectivity index (χ1n) is 9.93. The molecule has 7 nitrogen and oxygen atoms in total. The molecule has 32 heavy (non-hydrogen) atoms. The van der Waals surface area contributed by atoms with E-state index in [-0.39, 0.29) is 24.5 Å². The van der Waals surface area contributed by atoms with Gasteiger partial charge in [-0.1, -0.05) is 12.1 Å². The first kappa shape index (κ1) is 23.1. The van der Waals surface area contributed by atoms with Crippen molar-refractivity contribution in [1.82, 2.24) is 15.3 Å². The van der Waals surface area contributed by atoms with Crippen molar-refractivity contribution in [2.45, 2.75) is 25.1 Å². The molecule has 0 bridgehead atoms. The predicted molar refractivity (Wildman–Crippen MR) is 115 cm³/mol. The molecule has 2 unspecified atom stereocenters. The predicted octanol–water partition coefficient (Wildman–Crippen LogP) is 2.81. The summed E-state index contributed by atoms with van der Waals surface area (Å²) in [6.07, 6.45) is 1.92. The molecule has 0 amide bonds. The molecule has 166 valence electrons. The van der Waals surface area contributed by atoms with Gasteiger partial charge in [-0.2, -0.15) is 5.26 Å². The van der Waals surface area contributed by atoms with Gasteiger partial charge in [0.25, 0.3) is 0 Å². The molecule has 2 atom stereocenters. The monoisotopic (exact) mass is 439 g/mol. The summed E-state index contributed by atoms with van der Waals surface area (Å²) < 4.78 is 32.5. The number of hydrogen-bond acceptors (Lipinski definition) is 7. The maximum atomic E-state index is 13.7. The van der Waals surface area contributed by atoms with Crippen LogP contribution in [0.25, 0.3) is 0 Å². The second-order valence-electron chi connectivity index (χ2n) is 7.15. The normalized spacial score (nSPS) is 12.6. The number of halogens is 2. The summed E-state index contributed by atoms with van der Waals surface area (Å²) in [5, 5.41) is 26.3. The largest absolute Gasteiger partial charge is 0.497 e. The van der Waals surface area contributed by atoms with E-state index in [1.165, 1.54) is 24.5 Å². The molecule has 0 fully saturated rings. The van der Waals surface area contributed by atoms with Gasteiger partial charge in [-0.25, -0.2) is 18.7 Å². The van der Waals surface area contributed by atoms with Crippen molar-refractivity contribution in [2.75, 3.05) is 19.0 Å². The topological polar surface area (TPSA) is 103 Å². The van der Waals surface area contributed by atoms with Gasteiger partial charge in [-0.15, -0.1) is 0 Å². The zero-order valence-electron chi connectivity index (χ0n) is 17.4. The summed E-state index contributed by atoms with van der Waals surface area (Å²) in [5.41, 5.74) is 1.38. The van der Waals surface area contributed by atoms with Crippen LogP contribution in [0.2, 0.25) is 0 Å². The highest BCUT2D eigenvalue weighted by atomic mass is 19.1. The standard InChI is InChI=1S/C23H23F2N5O2/c1-32-19-4-2-3-15(9-19)13-27-14-22(31)20(10-16-7-17(24)11-18(25)8-16)30-23-21(12-26)28-5-6-29-23/h2-9,11,20,22,27,31H,10,13-14H2,1H3,(H,29,30). The number of anilines is 1. The molecule has 3 N–H and O–H groups in total. The molecule has 0 aliphatic rings. The molecule has 3 aromatic rings. The zero-order valence-corrected chi connectivity index (χ0v) is 17.4. The van der Waals surface area contributed by atoms with Gasteiger partial charge in [0.05, 0.1) is 19.3 Å². The van der Waals surface area contributed by atoms with Crippen LogP contribution in [0.4, 0.5) is 14.6 Å². The second kappa shape index (κ2) is 11.1. The minimum atomic E-state index is -0.972. The van der Waals surface area contributed by atoms with Gasteiger partial charge in [-0.3, -0.25) is 0 Å². The molecule has 0 radical (unpaired) electrons. The number of nitriles is 1. The van der Waals surface area contributed by atoms with E-state index >= 15 is 0 Å². The van der Waals surface area contributed by atoms with Crippen LogP contribution in [0.3, 0.4) is 0 Å². The van der Waals surface area contributed by atoms with Crippen molar-refractivity contribution in [2.24, 2.45) is 0 Å². The third-order valence-electron chi connectivity index (χ3n) is 4.79. The van der Waals surface area contributed by atoms with Crippen LogP contribution in [-0.4, -0.2) is 40.9 Å². The average molecular weight is 439 g/mol. The van der Waals surface area contributed by atoms with Gasteiger partial charge in [-0.05, 0) is 41.8 Å². The van der Waals surface area contributed by atoms with E-state index < -0.39 is 23.8 Å². The summed E-state index contributed by atoms with van der Waals surface area (Å²) in [6.45, 7) is 0.652. The molecular formula is C23H23F2N5O2. The third kappa shape index (κ3) is 6.44. The molecule has 2 aromatic carbocycles. The highest BCUT2D eigenvalue weighted by molar-refractivity contribution is 5.48. The fourth-order valence-corrected chi connectivity index (χ4v) is 3.26. The Kier molecular flexibility index (Phi) is 8.02. The van der Waals surface area contributed by atoms with Crippen LogP contribution < -0.4 is 15.4 Å². The lowest BCUT2D eigenvalue weighted by Gasteiger charge is -2.25. The molecule has 3 rings (SSSR count). The van der Waals surface area contributed by atoms with Crippen LogP contribution in [0.5, 0.6) is 5.75 Å². The van der Waals surface area contributed by atoms with Crippen LogP contribution in [-0.2, 0) is 13.0 Å². The molecular weight excluding hydrogens is 416 g/mol. The zero-order chi connectivity index (χ0) is 22.9. The van der Waals surface area contributed by atoms with Crippen molar-refractivity contribution in [3.05, 3.63) is 83.3 Å². The van der Waals surface area contributed by atoms with Crippen molar-refractivity contribution in [1.29, 1.82) is 5.26 Å². The number of aliphatic hydroxyl groups is 1. The number of rotatable bonds is 10. The van der Waals surface area contributed by atoms with Crippen molar-refractivity contribution in [3.63, 3.8) is 0 Å². The molecule has 0 saturated heterocycles. The van der Waals surface area contributed by atoms with Gasteiger partial charge in [0, 0.05) is 31.5 Å². The van der Waals surface area contributed by atoms with Gasteiger partial charge in [0.1, 0.15) is 23.5 Å². The Balaban J connectivity index is 1.73. The molecule has 0 aliphatic carbocycles. The number of ether oxygens (including phenoxy) is 1. The Labute approximate surface area is 184 Å². The summed E-state index contributed by atoms with van der Waals surface area (Å²) in [6, 6.07) is 11.9. The lowest BCUT2D eigenvalue weighted by Crippen LogP contribution is -2.42. The number of aromatic nitrogens is 2. The summed E-state index contributed by atoms with van der Waals surface area (Å²) in [7, 11) is 1.59. The first-order valence-corrected chi connectivity index (χ1v) is 9.93. The molecule has 1 aromatic heterocycles. The summed E-state index contributed by atoms with van der Waals surface area (Å²) >= 11 is 0. The third-order valence-corrected chi connectivity index (χ3v) is 4.79. The van der Waals surface area contributed by atoms with Crippen molar-refractivity contribution >= 4 is 5.82 Å². The maximum absolute atomic E-state index is 13.7. The van der Waals surface area contributed by atoms with E-state index in [4.69, 9.17) is 4.74 Å². The molecule has 1 heterocycles. The van der Waals surface area contributed by atoms with Gasteiger partial charge in [0.15, 0.2) is 11.5 Å². The van der Waals surface area contributed by atoms with Crippen LogP contribution >= 0.6 is 0 Å². The SMILES string of the molecule is COc1cccc(CNCC(O)C(Cc2cc(F)cc(F)c2)Nc2nccnc2C#N)c1. The van der Waals surface area contributed by atoms with Crippen molar-refractivity contribution < 1.29 is 18.6 Å². The van der Waals surface area contributed by atoms with E-state index in [2.05, 4.69) is 20.6 Å². The van der Waals surface area contributed by atoms with Gasteiger partial charge < -0.3 is 20.5 Å². The highest BCUT2D eigenvalue weighted by Gasteiger charge is 2.22. The smallest absolute Gasteiger partial charge is 0.182 e. The lowest BCUT2D eigenvalue weighted by atomic mass is 10.0. The Morgan fingerprint density at radius 3 is 2.56 bits per heavy atom. The second-order valence-corrected chi connectivity index (χ2v) is 7.15. The number of methoxy groups -OCH3 is 1. The molecule has 0 spiro atoms. The van der Waals surface area contributed by atoms with E-state index in [0.29, 0.717) is 12.1 Å². The average Bonchev–Trinajstić information content (AvgIpc) is 2.78. The number of nitrogens with zero attached hydrogens (tertiary/aromatic N) is 3. The highest BCUT2D eigenvalue weighted by Crippen LogP contribution is 2.17. The lowest BCUT2D eigenvalue weighted by molar-refractivity contribution is 0.148. The number of aliphatic hydroxyl groups excluding tert-OH is 1. The number of hydrogen-bond donors (Lipinski definition) is 3. The first-order chi connectivity index (χ1) is 15.5. The van der Waals surface area contributed by atoms with E-state index in [1.54, 1.807) is 7.11 Å².